The van der Waals surface area contributed by atoms with E-state index in [1.807, 2.05) is 0 Å². The van der Waals surface area contributed by atoms with Crippen LogP contribution in [0.4, 0.5) is 0 Å². The summed E-state index contributed by atoms with van der Waals surface area (Å²) < 4.78 is 0. The molecule has 0 amide bonds. The van der Waals surface area contributed by atoms with Gasteiger partial charge >= 0.3 is 0 Å². The van der Waals surface area contributed by atoms with Gasteiger partial charge in [0.05, 0.1) is 5.60 Å². The maximum absolute atomic E-state index is 10.8. The summed E-state index contributed by atoms with van der Waals surface area (Å²) in [4.78, 5) is 0. The van der Waals surface area contributed by atoms with Crippen molar-refractivity contribution in [2.45, 2.75) is 57.1 Å². The fourth-order valence-electron chi connectivity index (χ4n) is 4.92. The van der Waals surface area contributed by atoms with Crippen LogP contribution in [0.15, 0.2) is 0 Å². The first-order chi connectivity index (χ1) is 7.07. The van der Waals surface area contributed by atoms with Gasteiger partial charge in [0.1, 0.15) is 0 Å². The monoisotopic (exact) mass is 209 g/mol. The van der Waals surface area contributed by atoms with Gasteiger partial charge in [0.2, 0.25) is 0 Å². The number of aliphatic hydroxyl groups is 1. The van der Waals surface area contributed by atoms with Gasteiger partial charge in [-0.2, -0.15) is 0 Å². The van der Waals surface area contributed by atoms with Crippen molar-refractivity contribution in [1.82, 2.24) is 0 Å². The van der Waals surface area contributed by atoms with E-state index >= 15 is 0 Å². The van der Waals surface area contributed by atoms with Gasteiger partial charge in [0, 0.05) is 6.04 Å². The molecule has 0 heterocycles. The van der Waals surface area contributed by atoms with Crippen LogP contribution in [-0.4, -0.2) is 16.7 Å². The second-order valence-corrected chi connectivity index (χ2v) is 6.53. The van der Waals surface area contributed by atoms with E-state index in [9.17, 15) is 5.11 Å². The highest BCUT2D eigenvalue weighted by Crippen LogP contribution is 2.59. The summed E-state index contributed by atoms with van der Waals surface area (Å²) in [6.45, 7) is 2.08. The molecule has 4 bridgehead atoms. The Morgan fingerprint density at radius 3 is 2.33 bits per heavy atom. The molecule has 3 N–H and O–H groups in total. The van der Waals surface area contributed by atoms with Gasteiger partial charge < -0.3 is 10.8 Å². The first-order valence-corrected chi connectivity index (χ1v) is 6.55. The van der Waals surface area contributed by atoms with Gasteiger partial charge in [-0.25, -0.2) is 0 Å². The third-order valence-electron chi connectivity index (χ3n) is 5.11. The first-order valence-electron chi connectivity index (χ1n) is 6.55. The lowest BCUT2D eigenvalue weighted by Crippen LogP contribution is -2.58. The van der Waals surface area contributed by atoms with E-state index in [1.54, 1.807) is 0 Å². The summed E-state index contributed by atoms with van der Waals surface area (Å²) in [5.41, 5.74) is 5.59. The molecule has 4 fully saturated rings. The Labute approximate surface area is 92.2 Å². The molecule has 4 unspecified atom stereocenters. The van der Waals surface area contributed by atoms with Gasteiger partial charge in [-0.05, 0) is 69.1 Å². The van der Waals surface area contributed by atoms with Crippen LogP contribution in [0.3, 0.4) is 0 Å². The van der Waals surface area contributed by atoms with Crippen molar-refractivity contribution in [2.75, 3.05) is 0 Å². The highest BCUT2D eigenvalue weighted by atomic mass is 16.3. The van der Waals surface area contributed by atoms with E-state index in [4.69, 9.17) is 5.73 Å². The smallest absolute Gasteiger partial charge is 0.0684 e. The Balaban J connectivity index is 1.83. The van der Waals surface area contributed by atoms with Crippen LogP contribution in [0.1, 0.15) is 45.4 Å². The predicted octanol–water partition coefficient (Wildman–Crippen LogP) is 1.91. The third kappa shape index (κ3) is 1.53. The maximum Gasteiger partial charge on any atom is 0.0684 e. The van der Waals surface area contributed by atoms with Crippen LogP contribution >= 0.6 is 0 Å². The average Bonchev–Trinajstić information content (AvgIpc) is 2.09. The molecular formula is C13H23NO. The van der Waals surface area contributed by atoms with Crippen molar-refractivity contribution in [2.24, 2.45) is 29.4 Å². The molecule has 2 heteroatoms. The highest BCUT2D eigenvalue weighted by Gasteiger charge is 2.55. The van der Waals surface area contributed by atoms with E-state index in [0.29, 0.717) is 5.92 Å². The SMILES string of the molecule is CC(N)CC1C2CC3CC(C2)CC1(O)C3. The summed E-state index contributed by atoms with van der Waals surface area (Å²) >= 11 is 0. The van der Waals surface area contributed by atoms with Crippen molar-refractivity contribution in [3.8, 4) is 0 Å². The second-order valence-electron chi connectivity index (χ2n) is 6.53. The van der Waals surface area contributed by atoms with Gasteiger partial charge in [0.25, 0.3) is 0 Å². The lowest BCUT2D eigenvalue weighted by molar-refractivity contribution is -0.174. The van der Waals surface area contributed by atoms with E-state index in [2.05, 4.69) is 6.92 Å². The molecule has 4 rings (SSSR count). The van der Waals surface area contributed by atoms with Crippen molar-refractivity contribution in [3.63, 3.8) is 0 Å². The van der Waals surface area contributed by atoms with Crippen molar-refractivity contribution in [3.05, 3.63) is 0 Å². The zero-order valence-corrected chi connectivity index (χ0v) is 9.65. The summed E-state index contributed by atoms with van der Waals surface area (Å²) in [6, 6.07) is 0.247. The molecule has 0 aromatic rings. The molecule has 0 aromatic carbocycles. The highest BCUT2D eigenvalue weighted by molar-refractivity contribution is 5.07. The second kappa shape index (κ2) is 3.21. The summed E-state index contributed by atoms with van der Waals surface area (Å²) in [5.74, 6) is 2.95. The minimum absolute atomic E-state index is 0.247. The minimum Gasteiger partial charge on any atom is -0.390 e. The predicted molar refractivity (Wildman–Crippen MR) is 60.3 cm³/mol. The molecule has 0 saturated heterocycles. The molecule has 4 aliphatic rings. The van der Waals surface area contributed by atoms with Crippen molar-refractivity contribution < 1.29 is 5.11 Å². The zero-order chi connectivity index (χ0) is 10.6. The molecule has 86 valence electrons. The summed E-state index contributed by atoms with van der Waals surface area (Å²) in [6.07, 6.45) is 7.30. The number of rotatable bonds is 2. The zero-order valence-electron chi connectivity index (χ0n) is 9.65. The molecule has 4 saturated carbocycles. The minimum atomic E-state index is -0.331. The van der Waals surface area contributed by atoms with E-state index < -0.39 is 0 Å². The molecule has 2 nitrogen and oxygen atoms in total. The number of hydrogen-bond acceptors (Lipinski definition) is 2. The van der Waals surface area contributed by atoms with Gasteiger partial charge in [-0.15, -0.1) is 0 Å². The molecule has 4 aliphatic carbocycles. The third-order valence-corrected chi connectivity index (χ3v) is 5.11. The quantitative estimate of drug-likeness (QED) is 0.730. The molecule has 4 atom stereocenters. The van der Waals surface area contributed by atoms with Crippen molar-refractivity contribution in [1.29, 1.82) is 0 Å². The number of hydrogen-bond donors (Lipinski definition) is 2. The van der Waals surface area contributed by atoms with E-state index in [0.717, 1.165) is 37.0 Å². The topological polar surface area (TPSA) is 46.2 Å². The van der Waals surface area contributed by atoms with Crippen LogP contribution in [0.2, 0.25) is 0 Å². The molecule has 0 aromatic heterocycles. The van der Waals surface area contributed by atoms with Crippen molar-refractivity contribution >= 4 is 0 Å². The molecular weight excluding hydrogens is 186 g/mol. The molecule has 0 spiro atoms. The fourth-order valence-corrected chi connectivity index (χ4v) is 4.92. The van der Waals surface area contributed by atoms with Gasteiger partial charge in [0.15, 0.2) is 0 Å². The molecule has 15 heavy (non-hydrogen) atoms. The standard InChI is InChI=1S/C13H23NO/c1-8(14)2-12-11-4-9-3-10(5-11)7-13(12,15)6-9/h8-12,15H,2-7,14H2,1H3. The largest absolute Gasteiger partial charge is 0.390 e. The van der Waals surface area contributed by atoms with Crippen LogP contribution in [-0.2, 0) is 0 Å². The van der Waals surface area contributed by atoms with E-state index in [1.165, 1.54) is 19.3 Å². The Morgan fingerprint density at radius 1 is 1.27 bits per heavy atom. The maximum atomic E-state index is 10.8. The normalized spacial score (nSPS) is 54.6. The van der Waals surface area contributed by atoms with E-state index in [-0.39, 0.29) is 11.6 Å². The summed E-state index contributed by atoms with van der Waals surface area (Å²) in [5, 5.41) is 10.8. The Kier molecular flexibility index (Phi) is 2.16. The van der Waals surface area contributed by atoms with Crippen LogP contribution in [0, 0.1) is 23.7 Å². The van der Waals surface area contributed by atoms with Gasteiger partial charge in [-0.3, -0.25) is 0 Å². The Morgan fingerprint density at radius 2 is 1.87 bits per heavy atom. The molecule has 0 aliphatic heterocycles. The Hall–Kier alpha value is -0.0800. The van der Waals surface area contributed by atoms with Crippen LogP contribution < -0.4 is 5.73 Å². The van der Waals surface area contributed by atoms with Gasteiger partial charge in [-0.1, -0.05) is 0 Å². The van der Waals surface area contributed by atoms with Crippen LogP contribution in [0.5, 0.6) is 0 Å². The molecule has 0 radical (unpaired) electrons. The lowest BCUT2D eigenvalue weighted by Gasteiger charge is -2.59. The number of nitrogens with two attached hydrogens (primary N) is 1. The first kappa shape index (κ1) is 10.1. The lowest BCUT2D eigenvalue weighted by atomic mass is 9.49. The van der Waals surface area contributed by atoms with Crippen LogP contribution in [0.25, 0.3) is 0 Å². The Bertz CT molecular complexity index is 249. The fraction of sp³-hybridized carbons (Fsp3) is 1.00. The summed E-state index contributed by atoms with van der Waals surface area (Å²) in [7, 11) is 0. The average molecular weight is 209 g/mol.